The van der Waals surface area contributed by atoms with E-state index in [0.29, 0.717) is 30.0 Å². The van der Waals surface area contributed by atoms with Crippen molar-refractivity contribution in [3.63, 3.8) is 0 Å². The van der Waals surface area contributed by atoms with E-state index < -0.39 is 5.97 Å². The summed E-state index contributed by atoms with van der Waals surface area (Å²) in [5, 5.41) is 8.32. The third kappa shape index (κ3) is 6.64. The van der Waals surface area contributed by atoms with Gasteiger partial charge in [0, 0.05) is 22.5 Å². The Bertz CT molecular complexity index is 1350. The topological polar surface area (TPSA) is 61.9 Å². The van der Waals surface area contributed by atoms with Crippen LogP contribution in [-0.4, -0.2) is 32.1 Å². The van der Waals surface area contributed by atoms with Gasteiger partial charge < -0.3 is 4.74 Å². The molecule has 0 unspecified atom stereocenters. The molecule has 0 saturated carbocycles. The molecule has 0 aliphatic carbocycles. The zero-order chi connectivity index (χ0) is 25.4. The van der Waals surface area contributed by atoms with Crippen LogP contribution in [-0.2, 0) is 17.8 Å². The van der Waals surface area contributed by atoms with Crippen molar-refractivity contribution in [1.82, 2.24) is 19.6 Å². The number of hydrogen-bond acceptors (Lipinski definition) is 4. The van der Waals surface area contributed by atoms with Crippen molar-refractivity contribution >= 4 is 5.97 Å². The van der Waals surface area contributed by atoms with E-state index in [1.165, 1.54) is 12.1 Å². The predicted molar refractivity (Wildman–Crippen MR) is 129 cm³/mol. The predicted octanol–water partition coefficient (Wildman–Crippen LogP) is 4.92. The van der Waals surface area contributed by atoms with Gasteiger partial charge in [0.15, 0.2) is 5.69 Å². The highest BCUT2D eigenvalue weighted by Crippen LogP contribution is 2.12. The fourth-order valence-electron chi connectivity index (χ4n) is 3.29. The number of aromatic nitrogens is 4. The minimum Gasteiger partial charge on any atom is -0.461 e. The molecule has 2 aromatic heterocycles. The maximum Gasteiger partial charge on any atom is 0.358 e. The molecule has 180 valence electrons. The summed E-state index contributed by atoms with van der Waals surface area (Å²) in [4.78, 5) is 11.6. The summed E-state index contributed by atoms with van der Waals surface area (Å²) >= 11 is 0. The van der Waals surface area contributed by atoms with E-state index in [2.05, 4.69) is 16.1 Å². The molecule has 2 heterocycles. The molecule has 0 N–H and O–H groups in total. The Morgan fingerprint density at radius 2 is 1.43 bits per heavy atom. The van der Waals surface area contributed by atoms with E-state index in [1.807, 2.05) is 13.8 Å². The molecule has 0 radical (unpaired) electrons. The Hall–Kier alpha value is -4.25. The highest BCUT2D eigenvalue weighted by atomic mass is 19.1. The van der Waals surface area contributed by atoms with Gasteiger partial charge >= 0.3 is 5.97 Å². The van der Waals surface area contributed by atoms with Gasteiger partial charge in [-0.05, 0) is 51.0 Å². The molecular weight excluding hydrogens is 450 g/mol. The summed E-state index contributed by atoms with van der Waals surface area (Å²) in [7, 11) is 0. The van der Waals surface area contributed by atoms with Gasteiger partial charge in [0.1, 0.15) is 17.3 Å². The average molecular weight is 477 g/mol. The summed E-state index contributed by atoms with van der Waals surface area (Å²) in [6, 6.07) is 16.6. The highest BCUT2D eigenvalue weighted by molar-refractivity contribution is 5.87. The van der Waals surface area contributed by atoms with Crippen LogP contribution in [0.2, 0.25) is 0 Å². The zero-order valence-electron chi connectivity index (χ0n) is 19.8. The molecule has 8 heteroatoms. The van der Waals surface area contributed by atoms with Crippen molar-refractivity contribution < 1.29 is 18.3 Å². The van der Waals surface area contributed by atoms with Crippen molar-refractivity contribution in [3.8, 4) is 12.3 Å². The highest BCUT2D eigenvalue weighted by Gasteiger charge is 2.14. The third-order valence-electron chi connectivity index (χ3n) is 5.15. The lowest BCUT2D eigenvalue weighted by Crippen LogP contribution is -2.09. The molecule has 0 fully saturated rings. The minimum absolute atomic E-state index is 0.223. The second kappa shape index (κ2) is 11.7. The summed E-state index contributed by atoms with van der Waals surface area (Å²) in [6.45, 7) is 6.45. The van der Waals surface area contributed by atoms with Crippen LogP contribution in [0.1, 0.15) is 45.6 Å². The second-order valence-electron chi connectivity index (χ2n) is 7.70. The largest absolute Gasteiger partial charge is 0.461 e. The first-order valence-electron chi connectivity index (χ1n) is 11.0. The number of benzene rings is 2. The molecule has 0 bridgehead atoms. The monoisotopic (exact) mass is 476 g/mol. The molecule has 6 nitrogen and oxygen atoms in total. The Morgan fingerprint density at radius 3 is 1.91 bits per heavy atom. The lowest BCUT2D eigenvalue weighted by Gasteiger charge is -2.05. The van der Waals surface area contributed by atoms with Crippen LogP contribution in [0.3, 0.4) is 0 Å². The van der Waals surface area contributed by atoms with E-state index in [-0.39, 0.29) is 23.9 Å². The molecule has 0 atom stereocenters. The standard InChI is InChI=1S/C14H15FN2O2.C13H11FN2/c1-3-19-14(18)13-8-10(2)17(16-13)9-11-6-4-5-7-12(11)15;1-3-12-8-10(2)16(15-12)9-11-6-4-5-7-13(11)14/h4-8H,3,9H2,1-2H3;1,4-8H,9H2,2H3. The molecule has 0 saturated heterocycles. The van der Waals surface area contributed by atoms with Gasteiger partial charge in [0.05, 0.1) is 19.7 Å². The number of nitrogens with zero attached hydrogens (tertiary/aromatic N) is 4. The number of terminal acetylenes is 1. The SMILES string of the molecule is C#Cc1cc(C)n(Cc2ccccc2F)n1.CCOC(=O)c1cc(C)n(Cc2ccccc2F)n1. The second-order valence-corrected chi connectivity index (χ2v) is 7.70. The number of ether oxygens (including phenoxy) is 1. The van der Waals surface area contributed by atoms with Crippen LogP contribution < -0.4 is 0 Å². The van der Waals surface area contributed by atoms with Gasteiger partial charge in [-0.1, -0.05) is 36.4 Å². The van der Waals surface area contributed by atoms with Gasteiger partial charge in [0.2, 0.25) is 0 Å². The number of esters is 1. The average Bonchev–Trinajstić information content (AvgIpc) is 3.39. The Balaban J connectivity index is 0.000000198. The van der Waals surface area contributed by atoms with Crippen molar-refractivity contribution in [3.05, 3.63) is 106 Å². The Kier molecular flexibility index (Phi) is 8.52. The van der Waals surface area contributed by atoms with Gasteiger partial charge in [-0.25, -0.2) is 13.6 Å². The number of halogens is 2. The normalized spacial score (nSPS) is 10.3. The number of hydrogen-bond donors (Lipinski definition) is 0. The van der Waals surface area contributed by atoms with Crippen LogP contribution >= 0.6 is 0 Å². The fraction of sp³-hybridized carbons (Fsp3) is 0.222. The first-order valence-corrected chi connectivity index (χ1v) is 11.0. The molecule has 2 aromatic carbocycles. The Morgan fingerprint density at radius 1 is 0.914 bits per heavy atom. The number of rotatable bonds is 6. The number of carbonyl (C=O) groups excluding carboxylic acids is 1. The molecule has 0 spiro atoms. The lowest BCUT2D eigenvalue weighted by molar-refractivity contribution is 0.0518. The molecule has 0 amide bonds. The van der Waals surface area contributed by atoms with E-state index in [9.17, 15) is 13.6 Å². The first kappa shape index (κ1) is 25.4. The van der Waals surface area contributed by atoms with Crippen molar-refractivity contribution in [2.75, 3.05) is 6.61 Å². The number of carbonyl (C=O) groups is 1. The van der Waals surface area contributed by atoms with Crippen molar-refractivity contribution in [1.29, 1.82) is 0 Å². The molecule has 4 rings (SSSR count). The third-order valence-corrected chi connectivity index (χ3v) is 5.15. The molecule has 0 aliphatic rings. The molecular formula is C27H26F2N4O2. The van der Waals surface area contributed by atoms with Crippen LogP contribution in [0.25, 0.3) is 0 Å². The fourth-order valence-corrected chi connectivity index (χ4v) is 3.29. The van der Waals surface area contributed by atoms with Crippen LogP contribution in [0.5, 0.6) is 0 Å². The summed E-state index contributed by atoms with van der Waals surface area (Å²) in [5.41, 5.74) is 3.67. The van der Waals surface area contributed by atoms with Gasteiger partial charge in [-0.2, -0.15) is 10.2 Å². The van der Waals surface area contributed by atoms with E-state index in [1.54, 1.807) is 64.8 Å². The van der Waals surface area contributed by atoms with Gasteiger partial charge in [0.25, 0.3) is 0 Å². The van der Waals surface area contributed by atoms with Crippen LogP contribution in [0, 0.1) is 37.8 Å². The maximum atomic E-state index is 13.6. The van der Waals surface area contributed by atoms with Crippen molar-refractivity contribution in [2.45, 2.75) is 33.9 Å². The Labute approximate surface area is 203 Å². The smallest absolute Gasteiger partial charge is 0.358 e. The first-order chi connectivity index (χ1) is 16.8. The summed E-state index contributed by atoms with van der Waals surface area (Å²) in [5.74, 6) is 1.50. The molecule has 4 aromatic rings. The maximum absolute atomic E-state index is 13.6. The van der Waals surface area contributed by atoms with E-state index >= 15 is 0 Å². The number of aryl methyl sites for hydroxylation is 2. The summed E-state index contributed by atoms with van der Waals surface area (Å²) in [6.07, 6.45) is 5.26. The van der Waals surface area contributed by atoms with Gasteiger partial charge in [-0.15, -0.1) is 6.42 Å². The lowest BCUT2D eigenvalue weighted by atomic mass is 10.2. The summed E-state index contributed by atoms with van der Waals surface area (Å²) < 4.78 is 35.1. The van der Waals surface area contributed by atoms with E-state index in [0.717, 1.165) is 11.4 Å². The zero-order valence-corrected chi connectivity index (χ0v) is 19.8. The quantitative estimate of drug-likeness (QED) is 0.293. The van der Waals surface area contributed by atoms with Crippen LogP contribution in [0.4, 0.5) is 8.78 Å². The molecule has 35 heavy (non-hydrogen) atoms. The molecule has 0 aliphatic heterocycles. The van der Waals surface area contributed by atoms with Crippen LogP contribution in [0.15, 0.2) is 60.7 Å². The van der Waals surface area contributed by atoms with Crippen molar-refractivity contribution in [2.24, 2.45) is 0 Å². The minimum atomic E-state index is -0.460. The van der Waals surface area contributed by atoms with E-state index in [4.69, 9.17) is 11.2 Å². The van der Waals surface area contributed by atoms with Gasteiger partial charge in [-0.3, -0.25) is 9.36 Å².